The molecule has 4 atom stereocenters. The Bertz CT molecular complexity index is 460. The summed E-state index contributed by atoms with van der Waals surface area (Å²) in [7, 11) is 2.85. The minimum Gasteiger partial charge on any atom is -0.497 e. The highest BCUT2D eigenvalue weighted by Gasteiger charge is 2.25. The molecule has 1 fully saturated rings. The maximum atomic E-state index is 12.7. The first-order valence-electron chi connectivity index (χ1n) is 7.82. The Morgan fingerprint density at radius 3 is 2.62 bits per heavy atom. The number of hydrogen-bond acceptors (Lipinski definition) is 3. The molecule has 0 bridgehead atoms. The van der Waals surface area contributed by atoms with E-state index in [1.165, 1.54) is 18.4 Å². The van der Waals surface area contributed by atoms with E-state index >= 15 is 0 Å². The van der Waals surface area contributed by atoms with Crippen LogP contribution in [-0.2, 0) is 10.8 Å². The van der Waals surface area contributed by atoms with Crippen LogP contribution in [0.1, 0.15) is 44.2 Å². The molecule has 4 heteroatoms. The standard InChI is InChI=1S/C17H27NO2S/c1-13-5-4-6-16(11-13)21(19)12-17(18-2)14-7-9-15(20-3)10-8-14/h7-10,13,16-18H,4-6,11-12H2,1-3H3. The third-order valence-electron chi connectivity index (χ3n) is 4.46. The van der Waals surface area contributed by atoms with Crippen molar-refractivity contribution in [3.05, 3.63) is 29.8 Å². The summed E-state index contributed by atoms with van der Waals surface area (Å²) in [5.41, 5.74) is 1.18. The fraction of sp³-hybridized carbons (Fsp3) is 0.647. The van der Waals surface area contributed by atoms with Crippen LogP contribution in [0, 0.1) is 5.92 Å². The summed E-state index contributed by atoms with van der Waals surface area (Å²) < 4.78 is 17.8. The summed E-state index contributed by atoms with van der Waals surface area (Å²) in [6.45, 7) is 2.28. The summed E-state index contributed by atoms with van der Waals surface area (Å²) in [6.07, 6.45) is 4.76. The van der Waals surface area contributed by atoms with Crippen molar-refractivity contribution in [3.63, 3.8) is 0 Å². The van der Waals surface area contributed by atoms with E-state index in [4.69, 9.17) is 4.74 Å². The second kappa shape index (κ2) is 7.95. The van der Waals surface area contributed by atoms with E-state index in [9.17, 15) is 4.21 Å². The van der Waals surface area contributed by atoms with Crippen molar-refractivity contribution < 1.29 is 8.95 Å². The van der Waals surface area contributed by atoms with E-state index in [1.807, 2.05) is 19.2 Å². The maximum absolute atomic E-state index is 12.7. The van der Waals surface area contributed by atoms with Gasteiger partial charge in [-0.3, -0.25) is 4.21 Å². The van der Waals surface area contributed by atoms with E-state index in [-0.39, 0.29) is 6.04 Å². The first-order chi connectivity index (χ1) is 10.1. The zero-order valence-electron chi connectivity index (χ0n) is 13.3. The lowest BCUT2D eigenvalue weighted by molar-refractivity contribution is 0.388. The Kier molecular flexibility index (Phi) is 6.24. The van der Waals surface area contributed by atoms with Gasteiger partial charge >= 0.3 is 0 Å². The summed E-state index contributed by atoms with van der Waals surface area (Å²) in [4.78, 5) is 0. The van der Waals surface area contributed by atoms with E-state index in [1.54, 1.807) is 7.11 Å². The minimum absolute atomic E-state index is 0.147. The molecule has 0 spiro atoms. The molecule has 0 heterocycles. The quantitative estimate of drug-likeness (QED) is 0.876. The molecule has 1 aromatic carbocycles. The van der Waals surface area contributed by atoms with Crippen molar-refractivity contribution in [1.29, 1.82) is 0 Å². The number of rotatable bonds is 6. The van der Waals surface area contributed by atoms with Gasteiger partial charge in [-0.15, -0.1) is 0 Å². The molecule has 2 rings (SSSR count). The van der Waals surface area contributed by atoms with Crippen LogP contribution in [0.4, 0.5) is 0 Å². The van der Waals surface area contributed by atoms with Crippen LogP contribution in [0.25, 0.3) is 0 Å². The van der Waals surface area contributed by atoms with Crippen LogP contribution in [0.3, 0.4) is 0 Å². The monoisotopic (exact) mass is 309 g/mol. The van der Waals surface area contributed by atoms with Gasteiger partial charge < -0.3 is 10.1 Å². The second-order valence-electron chi connectivity index (χ2n) is 6.06. The first kappa shape index (κ1) is 16.5. The molecule has 3 nitrogen and oxygen atoms in total. The van der Waals surface area contributed by atoms with E-state index < -0.39 is 10.8 Å². The molecule has 0 radical (unpaired) electrons. The van der Waals surface area contributed by atoms with Gasteiger partial charge in [0.25, 0.3) is 0 Å². The summed E-state index contributed by atoms with van der Waals surface area (Å²) in [5, 5.41) is 3.68. The molecule has 118 valence electrons. The lowest BCUT2D eigenvalue weighted by Crippen LogP contribution is -2.30. The van der Waals surface area contributed by atoms with Crippen LogP contribution >= 0.6 is 0 Å². The highest BCUT2D eigenvalue weighted by Crippen LogP contribution is 2.28. The Hall–Kier alpha value is -0.870. The number of benzene rings is 1. The Balaban J connectivity index is 1.98. The molecule has 0 amide bonds. The van der Waals surface area contributed by atoms with Crippen molar-refractivity contribution in [1.82, 2.24) is 5.32 Å². The highest BCUT2D eigenvalue weighted by atomic mass is 32.2. The summed E-state index contributed by atoms with van der Waals surface area (Å²) in [5.74, 6) is 2.28. The Morgan fingerprint density at radius 1 is 1.33 bits per heavy atom. The van der Waals surface area contributed by atoms with Gasteiger partial charge in [0.2, 0.25) is 0 Å². The smallest absolute Gasteiger partial charge is 0.118 e. The Morgan fingerprint density at radius 2 is 2.05 bits per heavy atom. The van der Waals surface area contributed by atoms with Gasteiger partial charge in [0.05, 0.1) is 7.11 Å². The molecule has 0 aromatic heterocycles. The lowest BCUT2D eigenvalue weighted by atomic mass is 9.91. The van der Waals surface area contributed by atoms with Crippen LogP contribution < -0.4 is 10.1 Å². The van der Waals surface area contributed by atoms with E-state index in [0.29, 0.717) is 11.0 Å². The number of hydrogen-bond donors (Lipinski definition) is 1. The first-order valence-corrected chi connectivity index (χ1v) is 9.20. The molecule has 0 aliphatic heterocycles. The van der Waals surface area contributed by atoms with Gasteiger partial charge in [0.1, 0.15) is 5.75 Å². The van der Waals surface area contributed by atoms with Crippen molar-refractivity contribution >= 4 is 10.8 Å². The topological polar surface area (TPSA) is 38.3 Å². The van der Waals surface area contributed by atoms with Crippen LogP contribution in [-0.4, -0.2) is 29.4 Å². The molecule has 1 aliphatic carbocycles. The van der Waals surface area contributed by atoms with Gasteiger partial charge in [0.15, 0.2) is 0 Å². The molecule has 1 aliphatic rings. The largest absolute Gasteiger partial charge is 0.497 e. The van der Waals surface area contributed by atoms with Gasteiger partial charge in [-0.1, -0.05) is 31.9 Å². The van der Waals surface area contributed by atoms with Gasteiger partial charge in [0, 0.05) is 27.8 Å². The van der Waals surface area contributed by atoms with Crippen molar-refractivity contribution in [2.75, 3.05) is 19.9 Å². The SMILES string of the molecule is CNC(CS(=O)C1CCCC(C)C1)c1ccc(OC)cc1. The average Bonchev–Trinajstić information content (AvgIpc) is 2.52. The second-order valence-corrected chi connectivity index (χ2v) is 7.82. The number of methoxy groups -OCH3 is 1. The zero-order chi connectivity index (χ0) is 15.2. The predicted octanol–water partition coefficient (Wildman–Crippen LogP) is 3.28. The van der Waals surface area contributed by atoms with Crippen LogP contribution in [0.2, 0.25) is 0 Å². The van der Waals surface area contributed by atoms with Gasteiger partial charge in [-0.05, 0) is 43.5 Å². The van der Waals surface area contributed by atoms with E-state index in [0.717, 1.165) is 24.5 Å². The number of nitrogens with one attached hydrogen (secondary N) is 1. The molecule has 1 N–H and O–H groups in total. The van der Waals surface area contributed by atoms with E-state index in [2.05, 4.69) is 24.4 Å². The third-order valence-corrected chi connectivity index (χ3v) is 6.29. The highest BCUT2D eigenvalue weighted by molar-refractivity contribution is 7.85. The van der Waals surface area contributed by atoms with Gasteiger partial charge in [-0.2, -0.15) is 0 Å². The van der Waals surface area contributed by atoms with Crippen LogP contribution in [0.15, 0.2) is 24.3 Å². The van der Waals surface area contributed by atoms with Crippen molar-refractivity contribution in [2.45, 2.75) is 43.9 Å². The average molecular weight is 309 g/mol. The lowest BCUT2D eigenvalue weighted by Gasteiger charge is -2.27. The van der Waals surface area contributed by atoms with Gasteiger partial charge in [-0.25, -0.2) is 0 Å². The molecule has 21 heavy (non-hydrogen) atoms. The fourth-order valence-corrected chi connectivity index (χ4v) is 5.03. The van der Waals surface area contributed by atoms with Crippen molar-refractivity contribution in [2.24, 2.45) is 5.92 Å². The molecule has 0 saturated heterocycles. The molecule has 1 saturated carbocycles. The molecule has 1 aromatic rings. The molecule has 4 unspecified atom stereocenters. The third kappa shape index (κ3) is 4.55. The fourth-order valence-electron chi connectivity index (χ4n) is 3.10. The minimum atomic E-state index is -0.758. The van der Waals surface area contributed by atoms with Crippen molar-refractivity contribution in [3.8, 4) is 5.75 Å². The molecular weight excluding hydrogens is 282 g/mol. The Labute approximate surface area is 130 Å². The number of ether oxygens (including phenoxy) is 1. The zero-order valence-corrected chi connectivity index (χ0v) is 14.1. The van der Waals surface area contributed by atoms with Crippen LogP contribution in [0.5, 0.6) is 5.75 Å². The maximum Gasteiger partial charge on any atom is 0.118 e. The normalized spacial score (nSPS) is 25.3. The summed E-state index contributed by atoms with van der Waals surface area (Å²) in [6, 6.07) is 8.19. The summed E-state index contributed by atoms with van der Waals surface area (Å²) >= 11 is 0. The molecular formula is C17H27NO2S. The predicted molar refractivity (Wildman–Crippen MR) is 89.2 cm³/mol.